The first-order chi connectivity index (χ1) is 11.1. The highest BCUT2D eigenvalue weighted by molar-refractivity contribution is 6.69. The SMILES string of the molecule is C[Si](C)(C)OC1(C(F)(F)F)CCCC(COCc2ccccc2)O1. The molecule has 7 heteroatoms. The summed E-state index contributed by atoms with van der Waals surface area (Å²) in [5, 5.41) is 0. The molecule has 0 amide bonds. The van der Waals surface area contributed by atoms with Crippen molar-refractivity contribution in [1.82, 2.24) is 0 Å². The zero-order chi connectivity index (χ0) is 17.8. The number of hydrogen-bond donors (Lipinski definition) is 0. The molecule has 2 unspecified atom stereocenters. The molecular formula is C17H25F3O3Si. The second kappa shape index (κ2) is 7.55. The third-order valence-electron chi connectivity index (χ3n) is 3.71. The van der Waals surface area contributed by atoms with Crippen LogP contribution in [0.4, 0.5) is 13.2 Å². The van der Waals surface area contributed by atoms with Crippen molar-refractivity contribution in [2.24, 2.45) is 0 Å². The van der Waals surface area contributed by atoms with E-state index in [0.29, 0.717) is 19.4 Å². The summed E-state index contributed by atoms with van der Waals surface area (Å²) in [6.45, 7) is 5.69. The molecule has 1 saturated heterocycles. The molecule has 24 heavy (non-hydrogen) atoms. The van der Waals surface area contributed by atoms with Gasteiger partial charge in [-0.2, -0.15) is 13.2 Å². The molecule has 0 N–H and O–H groups in total. The van der Waals surface area contributed by atoms with Crippen molar-refractivity contribution in [3.63, 3.8) is 0 Å². The van der Waals surface area contributed by atoms with Crippen LogP contribution in [0.25, 0.3) is 0 Å². The molecule has 1 aliphatic rings. The molecule has 136 valence electrons. The van der Waals surface area contributed by atoms with Crippen LogP contribution in [0.3, 0.4) is 0 Å². The number of rotatable bonds is 6. The maximum Gasteiger partial charge on any atom is 0.442 e. The highest BCUT2D eigenvalue weighted by Crippen LogP contribution is 2.44. The fourth-order valence-electron chi connectivity index (χ4n) is 2.79. The number of benzene rings is 1. The van der Waals surface area contributed by atoms with Crippen LogP contribution >= 0.6 is 0 Å². The maximum absolute atomic E-state index is 13.6. The molecule has 0 radical (unpaired) electrons. The third-order valence-corrected chi connectivity index (χ3v) is 4.65. The fraction of sp³-hybridized carbons (Fsp3) is 0.647. The molecule has 2 atom stereocenters. The van der Waals surface area contributed by atoms with Gasteiger partial charge in [-0.25, -0.2) is 0 Å². The Morgan fingerprint density at radius 3 is 2.46 bits per heavy atom. The van der Waals surface area contributed by atoms with Crippen LogP contribution in [0.1, 0.15) is 24.8 Å². The van der Waals surface area contributed by atoms with Crippen LogP contribution in [-0.2, 0) is 20.5 Å². The van der Waals surface area contributed by atoms with Gasteiger partial charge in [0.25, 0.3) is 5.79 Å². The lowest BCUT2D eigenvalue weighted by Gasteiger charge is -2.44. The quantitative estimate of drug-likeness (QED) is 0.675. The van der Waals surface area contributed by atoms with Crippen LogP contribution in [0.2, 0.25) is 19.6 Å². The average Bonchev–Trinajstić information content (AvgIpc) is 2.46. The lowest BCUT2D eigenvalue weighted by molar-refractivity contribution is -0.382. The number of halogens is 3. The van der Waals surface area contributed by atoms with Crippen molar-refractivity contribution >= 4 is 8.32 Å². The summed E-state index contributed by atoms with van der Waals surface area (Å²) in [5.74, 6) is -2.49. The van der Waals surface area contributed by atoms with E-state index < -0.39 is 26.4 Å². The normalized spacial score (nSPS) is 25.7. The standard InChI is InChI=1S/C17H25F3O3Si/c1-24(2,3)23-16(17(18,19)20)11-7-10-15(22-16)13-21-12-14-8-5-4-6-9-14/h4-6,8-9,15H,7,10-13H2,1-3H3. The molecule has 1 aromatic carbocycles. The molecule has 0 aromatic heterocycles. The molecule has 1 aliphatic heterocycles. The number of ether oxygens (including phenoxy) is 2. The fourth-order valence-corrected chi connectivity index (χ4v) is 4.04. The van der Waals surface area contributed by atoms with E-state index in [1.165, 1.54) is 0 Å². The summed E-state index contributed by atoms with van der Waals surface area (Å²) in [4.78, 5) is 0. The van der Waals surface area contributed by atoms with Gasteiger partial charge in [0.2, 0.25) is 0 Å². The van der Waals surface area contributed by atoms with Gasteiger partial charge in [-0.3, -0.25) is 0 Å². The Hall–Kier alpha value is -0.893. The number of hydrogen-bond acceptors (Lipinski definition) is 3. The van der Waals surface area contributed by atoms with Gasteiger partial charge in [-0.1, -0.05) is 30.3 Å². The second-order valence-corrected chi connectivity index (χ2v) is 11.5. The van der Waals surface area contributed by atoms with Crippen LogP contribution in [-0.4, -0.2) is 33.0 Å². The Morgan fingerprint density at radius 1 is 1.21 bits per heavy atom. The van der Waals surface area contributed by atoms with Crippen molar-refractivity contribution in [2.75, 3.05) is 6.61 Å². The van der Waals surface area contributed by atoms with Gasteiger partial charge in [-0.15, -0.1) is 0 Å². The van der Waals surface area contributed by atoms with E-state index in [0.717, 1.165) is 5.56 Å². The summed E-state index contributed by atoms with van der Waals surface area (Å²) in [5.41, 5.74) is 0.980. The largest absolute Gasteiger partial charge is 0.442 e. The zero-order valence-corrected chi connectivity index (χ0v) is 15.4. The first-order valence-electron chi connectivity index (χ1n) is 8.18. The summed E-state index contributed by atoms with van der Waals surface area (Å²) in [7, 11) is -2.43. The molecule has 1 aromatic rings. The summed E-state index contributed by atoms with van der Waals surface area (Å²) in [6, 6.07) is 9.52. The highest BCUT2D eigenvalue weighted by atomic mass is 28.4. The lowest BCUT2D eigenvalue weighted by atomic mass is 10.0. The molecule has 3 nitrogen and oxygen atoms in total. The third kappa shape index (κ3) is 5.30. The summed E-state index contributed by atoms with van der Waals surface area (Å²) >= 11 is 0. The van der Waals surface area contributed by atoms with Crippen molar-refractivity contribution in [3.8, 4) is 0 Å². The van der Waals surface area contributed by atoms with Crippen LogP contribution < -0.4 is 0 Å². The Morgan fingerprint density at radius 2 is 1.88 bits per heavy atom. The van der Waals surface area contributed by atoms with Crippen LogP contribution in [0.15, 0.2) is 30.3 Å². The van der Waals surface area contributed by atoms with E-state index >= 15 is 0 Å². The van der Waals surface area contributed by atoms with Gasteiger partial charge < -0.3 is 13.9 Å². The van der Waals surface area contributed by atoms with Crippen LogP contribution in [0.5, 0.6) is 0 Å². The minimum atomic E-state index is -4.55. The Labute approximate surface area is 142 Å². The highest BCUT2D eigenvalue weighted by Gasteiger charge is 2.61. The Kier molecular flexibility index (Phi) is 6.12. The lowest BCUT2D eigenvalue weighted by Crippen LogP contribution is -2.58. The number of alkyl halides is 3. The first-order valence-corrected chi connectivity index (χ1v) is 11.6. The second-order valence-electron chi connectivity index (χ2n) is 7.10. The van der Waals surface area contributed by atoms with Gasteiger partial charge in [-0.05, 0) is 38.0 Å². The predicted octanol–water partition coefficient (Wildman–Crippen LogP) is 4.88. The maximum atomic E-state index is 13.6. The predicted molar refractivity (Wildman–Crippen MR) is 88.0 cm³/mol. The molecule has 0 bridgehead atoms. The summed E-state index contributed by atoms with van der Waals surface area (Å²) < 4.78 is 57.3. The minimum absolute atomic E-state index is 0.127. The zero-order valence-electron chi connectivity index (χ0n) is 14.4. The van der Waals surface area contributed by atoms with Crippen molar-refractivity contribution < 1.29 is 27.1 Å². The molecule has 1 heterocycles. The van der Waals surface area contributed by atoms with E-state index in [2.05, 4.69) is 0 Å². The van der Waals surface area contributed by atoms with E-state index in [1.54, 1.807) is 19.6 Å². The van der Waals surface area contributed by atoms with Crippen LogP contribution in [0, 0.1) is 0 Å². The topological polar surface area (TPSA) is 27.7 Å². The smallest absolute Gasteiger partial charge is 0.384 e. The molecule has 0 spiro atoms. The van der Waals surface area contributed by atoms with Crippen molar-refractivity contribution in [3.05, 3.63) is 35.9 Å². The molecule has 0 aliphatic carbocycles. The monoisotopic (exact) mass is 362 g/mol. The van der Waals surface area contributed by atoms with Gasteiger partial charge >= 0.3 is 6.18 Å². The van der Waals surface area contributed by atoms with E-state index in [4.69, 9.17) is 13.9 Å². The van der Waals surface area contributed by atoms with Crippen molar-refractivity contribution in [2.45, 2.75) is 63.6 Å². The Bertz CT molecular complexity index is 516. The first kappa shape index (κ1) is 19.4. The molecule has 0 saturated carbocycles. The molecular weight excluding hydrogens is 337 g/mol. The summed E-state index contributed by atoms with van der Waals surface area (Å²) in [6.07, 6.45) is -4.37. The van der Waals surface area contributed by atoms with Crippen molar-refractivity contribution in [1.29, 1.82) is 0 Å². The molecule has 1 fully saturated rings. The average molecular weight is 362 g/mol. The van der Waals surface area contributed by atoms with E-state index in [9.17, 15) is 13.2 Å². The van der Waals surface area contributed by atoms with Gasteiger partial charge in [0.1, 0.15) is 0 Å². The Balaban J connectivity index is 1.97. The minimum Gasteiger partial charge on any atom is -0.384 e. The molecule has 2 rings (SSSR count). The van der Waals surface area contributed by atoms with E-state index in [-0.39, 0.29) is 13.0 Å². The van der Waals surface area contributed by atoms with Gasteiger partial charge in [0.05, 0.1) is 19.3 Å². The van der Waals surface area contributed by atoms with Gasteiger partial charge in [0.15, 0.2) is 8.32 Å². The van der Waals surface area contributed by atoms with E-state index in [1.807, 2.05) is 30.3 Å². The van der Waals surface area contributed by atoms with Gasteiger partial charge in [0, 0.05) is 6.42 Å².